The number of aryl methyl sites for hydroxylation is 1. The predicted octanol–water partition coefficient (Wildman–Crippen LogP) is 1.02. The predicted molar refractivity (Wildman–Crippen MR) is 185 cm³/mol. The molecule has 0 fully saturated rings. The van der Waals surface area contributed by atoms with Crippen molar-refractivity contribution in [2.24, 2.45) is 5.92 Å². The number of thiazole rings is 1. The van der Waals surface area contributed by atoms with Crippen molar-refractivity contribution >= 4 is 46.8 Å². The summed E-state index contributed by atoms with van der Waals surface area (Å²) in [5.74, 6) is -3.66. The number of nitrogens with one attached hydrogen (secondary N) is 4. The van der Waals surface area contributed by atoms with Gasteiger partial charge in [-0.15, -0.1) is 11.3 Å². The second kappa shape index (κ2) is 16.9. The van der Waals surface area contributed by atoms with E-state index in [1.54, 1.807) is 20.8 Å². The van der Waals surface area contributed by atoms with Gasteiger partial charge in [0.2, 0.25) is 23.6 Å². The van der Waals surface area contributed by atoms with E-state index in [9.17, 15) is 28.8 Å². The van der Waals surface area contributed by atoms with Crippen LogP contribution in [0.15, 0.2) is 48.1 Å². The van der Waals surface area contributed by atoms with Crippen LogP contribution in [0.5, 0.6) is 0 Å². The average molecular weight is 706 g/mol. The normalized spacial score (nSPS) is 21.9. The van der Waals surface area contributed by atoms with E-state index in [-0.39, 0.29) is 36.9 Å². The third-order valence-corrected chi connectivity index (χ3v) is 9.05. The van der Waals surface area contributed by atoms with E-state index < -0.39 is 59.6 Å². The zero-order chi connectivity index (χ0) is 36.5. The summed E-state index contributed by atoms with van der Waals surface area (Å²) in [5, 5.41) is 12.9. The van der Waals surface area contributed by atoms with E-state index in [2.05, 4.69) is 36.2 Å². The largest absolute Gasteiger partial charge is 0.345 e. The number of fused-ring (bicyclic) bond motifs is 2. The minimum atomic E-state index is -1.03. The Labute approximate surface area is 294 Å². The monoisotopic (exact) mass is 705 g/mol. The lowest BCUT2D eigenvalue weighted by Gasteiger charge is -2.29. The molecule has 1 aliphatic heterocycles. The van der Waals surface area contributed by atoms with Crippen molar-refractivity contribution < 1.29 is 28.8 Å². The highest BCUT2D eigenvalue weighted by Crippen LogP contribution is 2.23. The lowest BCUT2D eigenvalue weighted by molar-refractivity contribution is -0.136. The van der Waals surface area contributed by atoms with Gasteiger partial charge in [0, 0.05) is 31.7 Å². The molecule has 1 aliphatic rings. The first kappa shape index (κ1) is 37.6. The Kier molecular flexibility index (Phi) is 12.7. The zero-order valence-electron chi connectivity index (χ0n) is 28.9. The molecule has 2 aromatic heterocycles. The van der Waals surface area contributed by atoms with Gasteiger partial charge in [-0.1, -0.05) is 44.2 Å². The Morgan fingerprint density at radius 1 is 0.920 bits per heavy atom. The third kappa shape index (κ3) is 9.90. The van der Waals surface area contributed by atoms with Gasteiger partial charge < -0.3 is 31.1 Å². The first-order valence-corrected chi connectivity index (χ1v) is 17.1. The van der Waals surface area contributed by atoms with Gasteiger partial charge in [-0.05, 0) is 38.7 Å². The lowest BCUT2D eigenvalue weighted by Crippen LogP contribution is -2.57. The molecule has 15 nitrogen and oxygen atoms in total. The average Bonchev–Trinajstić information content (AvgIpc) is 3.58. The van der Waals surface area contributed by atoms with E-state index in [4.69, 9.17) is 0 Å². The number of nitrogens with zero attached hydrogens (tertiary/aromatic N) is 5. The highest BCUT2D eigenvalue weighted by molar-refractivity contribution is 7.09. The fourth-order valence-corrected chi connectivity index (χ4v) is 6.01. The van der Waals surface area contributed by atoms with E-state index in [0.29, 0.717) is 17.1 Å². The number of rotatable bonds is 4. The molecule has 266 valence electrons. The molecule has 0 saturated carbocycles. The Balaban J connectivity index is 1.69. The van der Waals surface area contributed by atoms with Crippen LogP contribution in [0, 0.1) is 12.8 Å². The summed E-state index contributed by atoms with van der Waals surface area (Å²) in [4.78, 5) is 95.7. The minimum absolute atomic E-state index is 0.0240. The maximum atomic E-state index is 13.7. The number of likely N-dealkylation sites (N-methyl/N-ethyl adjacent to an activating group) is 1. The van der Waals surface area contributed by atoms with Crippen molar-refractivity contribution in [2.75, 3.05) is 26.7 Å². The van der Waals surface area contributed by atoms with E-state index in [1.807, 2.05) is 30.3 Å². The molecule has 0 aliphatic carbocycles. The summed E-state index contributed by atoms with van der Waals surface area (Å²) in [6.07, 6.45) is 3.11. The van der Waals surface area contributed by atoms with Crippen LogP contribution in [-0.2, 0) is 25.6 Å². The molecule has 4 atom stereocenters. The molecule has 1 aromatic carbocycles. The topological polar surface area (TPSA) is 196 Å². The molecule has 50 heavy (non-hydrogen) atoms. The number of hydrogen-bond acceptors (Lipinski definition) is 10. The first-order chi connectivity index (χ1) is 23.7. The number of hydrogen-bond donors (Lipinski definition) is 4. The van der Waals surface area contributed by atoms with Crippen LogP contribution in [0.3, 0.4) is 0 Å². The zero-order valence-corrected chi connectivity index (χ0v) is 29.7. The molecule has 2 bridgehead atoms. The van der Waals surface area contributed by atoms with Gasteiger partial charge >= 0.3 is 0 Å². The van der Waals surface area contributed by atoms with Gasteiger partial charge in [0.15, 0.2) is 0 Å². The maximum absolute atomic E-state index is 13.7. The quantitative estimate of drug-likeness (QED) is 0.307. The molecule has 0 unspecified atom stereocenters. The summed E-state index contributed by atoms with van der Waals surface area (Å²) in [6, 6.07) is 5.73. The van der Waals surface area contributed by atoms with Gasteiger partial charge in [0.05, 0.1) is 24.5 Å². The van der Waals surface area contributed by atoms with Gasteiger partial charge in [0.25, 0.3) is 11.8 Å². The second-order valence-electron chi connectivity index (χ2n) is 12.6. The van der Waals surface area contributed by atoms with Crippen molar-refractivity contribution in [1.29, 1.82) is 0 Å². The lowest BCUT2D eigenvalue weighted by atomic mass is 10.0. The number of carbonyl (C=O) groups excluding carboxylic acids is 6. The number of benzene rings is 1. The molecule has 6 amide bonds. The number of aromatic nitrogens is 3. The van der Waals surface area contributed by atoms with Crippen molar-refractivity contribution in [3.8, 4) is 0 Å². The molecule has 0 saturated heterocycles. The van der Waals surface area contributed by atoms with Crippen molar-refractivity contribution in [3.05, 3.63) is 75.8 Å². The van der Waals surface area contributed by atoms with Crippen LogP contribution in [0.1, 0.15) is 71.0 Å². The molecule has 0 radical (unpaired) electrons. The van der Waals surface area contributed by atoms with E-state index >= 15 is 0 Å². The summed E-state index contributed by atoms with van der Waals surface area (Å²) in [6.45, 7) is 7.83. The molecule has 3 heterocycles. The summed E-state index contributed by atoms with van der Waals surface area (Å²) >= 11 is 1.17. The van der Waals surface area contributed by atoms with Gasteiger partial charge in [-0.3, -0.25) is 33.8 Å². The number of carbonyl (C=O) groups is 6. The Morgan fingerprint density at radius 2 is 1.64 bits per heavy atom. The molecular weight excluding hydrogens is 662 g/mol. The van der Waals surface area contributed by atoms with Crippen LogP contribution < -0.4 is 21.3 Å². The van der Waals surface area contributed by atoms with Crippen LogP contribution >= 0.6 is 11.3 Å². The molecule has 4 rings (SSSR count). The molecule has 0 spiro atoms. The minimum Gasteiger partial charge on any atom is -0.345 e. The van der Waals surface area contributed by atoms with E-state index in [1.165, 1.54) is 59.8 Å². The Morgan fingerprint density at radius 3 is 2.30 bits per heavy atom. The Hall–Kier alpha value is -5.25. The maximum Gasteiger partial charge on any atom is 0.274 e. The molecule has 4 N–H and O–H groups in total. The molecular formula is C34H43N9O6S. The van der Waals surface area contributed by atoms with Gasteiger partial charge in [-0.25, -0.2) is 9.97 Å². The van der Waals surface area contributed by atoms with E-state index in [0.717, 1.165) is 5.56 Å². The summed E-state index contributed by atoms with van der Waals surface area (Å²) in [5.41, 5.74) is 1.58. The van der Waals surface area contributed by atoms with Crippen LogP contribution in [0.25, 0.3) is 0 Å². The smallest absolute Gasteiger partial charge is 0.274 e. The van der Waals surface area contributed by atoms with Crippen molar-refractivity contribution in [1.82, 2.24) is 46.0 Å². The fraction of sp³-hybridized carbons (Fsp3) is 0.441. The second-order valence-corrected chi connectivity index (χ2v) is 13.5. The molecule has 16 heteroatoms. The highest BCUT2D eigenvalue weighted by atomic mass is 32.1. The SMILES string of the molecule is Cc1cnc(C(=O)N2CCN(C)C(=O)[C@@H](C)NC(=O)[C@H](C(C)C)NC(=O)[C@H](C)NC(=O)c3csc(n3)[C@H](Cc3ccccc3)NC(=O)C2)cn1. The number of amides is 6. The Bertz CT molecular complexity index is 1700. The highest BCUT2D eigenvalue weighted by Gasteiger charge is 2.31. The summed E-state index contributed by atoms with van der Waals surface area (Å²) in [7, 11) is 1.52. The van der Waals surface area contributed by atoms with Gasteiger partial charge in [-0.2, -0.15) is 0 Å². The van der Waals surface area contributed by atoms with Crippen molar-refractivity contribution in [3.63, 3.8) is 0 Å². The standard InChI is InChI=1S/C34H43N9O6S/c1-19(2)28-31(47)38-22(5)33(48)42(6)12-13-43(34(49)25-16-35-20(3)15-36-25)17-27(44)39-24(14-23-10-8-7-9-11-23)32-40-26(18-50-32)30(46)37-21(4)29(45)41-28/h7-11,15-16,18-19,21-22,24,28H,12-14,17H2,1-6H3,(H,37,46)(H,38,47)(H,39,44)(H,41,45)/t21-,22+,24-,28-/m0/s1. The van der Waals surface area contributed by atoms with Gasteiger partial charge in [0.1, 0.15) is 34.5 Å². The molecule has 3 aromatic rings. The summed E-state index contributed by atoms with van der Waals surface area (Å²) < 4.78 is 0. The van der Waals surface area contributed by atoms with Crippen LogP contribution in [-0.4, -0.2) is 105 Å². The van der Waals surface area contributed by atoms with Crippen LogP contribution in [0.4, 0.5) is 0 Å². The third-order valence-electron chi connectivity index (χ3n) is 8.09. The first-order valence-electron chi connectivity index (χ1n) is 16.3. The fourth-order valence-electron chi connectivity index (χ4n) is 5.16. The van der Waals surface area contributed by atoms with Crippen molar-refractivity contribution in [2.45, 2.75) is 65.2 Å². The van der Waals surface area contributed by atoms with Crippen LogP contribution in [0.2, 0.25) is 0 Å².